The normalized spacial score (nSPS) is 12.4. The maximum Gasteiger partial charge on any atom is 0.182 e. The van der Waals surface area contributed by atoms with Gasteiger partial charge in [-0.05, 0) is 29.1 Å². The lowest BCUT2D eigenvalue weighted by Crippen LogP contribution is -2.24. The Kier molecular flexibility index (Phi) is 3.74. The minimum Gasteiger partial charge on any atom is -0.492 e. The molecule has 0 saturated carbocycles. The molecule has 0 unspecified atom stereocenters. The minimum absolute atomic E-state index is 0.190. The molecule has 3 rings (SSSR count). The molecular weight excluding hydrogens is 247 g/mol. The van der Waals surface area contributed by atoms with Gasteiger partial charge < -0.3 is 14.9 Å². The first kappa shape index (κ1) is 12.8. The Bertz CT molecular complexity index is 681. The minimum atomic E-state index is 0.190. The van der Waals surface area contributed by atoms with Crippen LogP contribution in [0.5, 0.6) is 5.75 Å². The van der Waals surface area contributed by atoms with Crippen LogP contribution in [0.4, 0.5) is 0 Å². The van der Waals surface area contributed by atoms with E-state index in [4.69, 9.17) is 4.74 Å². The third-order valence-corrected chi connectivity index (χ3v) is 3.49. The number of aromatic nitrogens is 1. The van der Waals surface area contributed by atoms with Gasteiger partial charge in [-0.25, -0.2) is 0 Å². The number of benzene rings is 2. The van der Waals surface area contributed by atoms with Crippen LogP contribution in [0.25, 0.3) is 10.9 Å². The largest absolute Gasteiger partial charge is 0.492 e. The van der Waals surface area contributed by atoms with Crippen molar-refractivity contribution in [1.29, 1.82) is 0 Å². The van der Waals surface area contributed by atoms with Gasteiger partial charge in [-0.15, -0.1) is 0 Å². The molecule has 0 amide bonds. The Balaban J connectivity index is 1.71. The van der Waals surface area contributed by atoms with Crippen molar-refractivity contribution < 1.29 is 4.74 Å². The lowest BCUT2D eigenvalue weighted by molar-refractivity contribution is 0.283. The Morgan fingerprint density at radius 2 is 1.95 bits per heavy atom. The Hall–Kier alpha value is -2.20. The van der Waals surface area contributed by atoms with Crippen LogP contribution in [0.2, 0.25) is 0 Å². The van der Waals surface area contributed by atoms with E-state index in [9.17, 15) is 0 Å². The first-order chi connectivity index (χ1) is 9.86. The molecule has 2 N–H and O–H groups in total. The highest BCUT2D eigenvalue weighted by Gasteiger charge is 2.09. The van der Waals surface area contributed by atoms with Crippen molar-refractivity contribution in [3.63, 3.8) is 0 Å². The highest BCUT2D eigenvalue weighted by molar-refractivity contribution is 6.04. The van der Waals surface area contributed by atoms with E-state index >= 15 is 0 Å². The monoisotopic (exact) mass is 264 g/mol. The summed E-state index contributed by atoms with van der Waals surface area (Å²) in [4.78, 5) is 3.20. The number of fused-ring (bicyclic) bond motifs is 1. The molecule has 0 aliphatic carbocycles. The number of hydrogen-bond donors (Lipinski definition) is 2. The number of H-pyrrole nitrogens is 1. The number of nitrogens with one attached hydrogen (secondary N) is 2. The molecule has 0 bridgehead atoms. The zero-order valence-corrected chi connectivity index (χ0v) is 11.5. The van der Waals surface area contributed by atoms with Gasteiger partial charge in [0, 0.05) is 17.8 Å². The Morgan fingerprint density at radius 1 is 1.10 bits per heavy atom. The molecule has 0 fully saturated rings. The van der Waals surface area contributed by atoms with Gasteiger partial charge in [0.05, 0.1) is 6.04 Å². The van der Waals surface area contributed by atoms with Crippen molar-refractivity contribution in [2.45, 2.75) is 6.04 Å². The van der Waals surface area contributed by atoms with Gasteiger partial charge in [-0.2, -0.15) is 0 Å². The van der Waals surface area contributed by atoms with Crippen LogP contribution in [-0.2, 0) is 0 Å². The first-order valence-corrected chi connectivity index (χ1v) is 6.79. The maximum atomic E-state index is 5.91. The first-order valence-electron chi connectivity index (χ1n) is 6.79. The van der Waals surface area contributed by atoms with E-state index in [2.05, 4.69) is 34.5 Å². The van der Waals surface area contributed by atoms with Crippen LogP contribution < -0.4 is 9.96 Å². The SMILES string of the molecule is BN[C@@H](COc1ccc2cc[nH]c2c1)c1ccccc1. The zero-order valence-electron chi connectivity index (χ0n) is 11.5. The lowest BCUT2D eigenvalue weighted by atomic mass is 10.1. The Labute approximate surface area is 119 Å². The van der Waals surface area contributed by atoms with Gasteiger partial charge in [0.25, 0.3) is 0 Å². The molecule has 0 aliphatic heterocycles. The van der Waals surface area contributed by atoms with Crippen LogP contribution >= 0.6 is 0 Å². The van der Waals surface area contributed by atoms with Gasteiger partial charge in [-0.1, -0.05) is 30.3 Å². The zero-order chi connectivity index (χ0) is 13.8. The lowest BCUT2D eigenvalue weighted by Gasteiger charge is -2.17. The van der Waals surface area contributed by atoms with Crippen LogP contribution in [-0.4, -0.2) is 19.6 Å². The molecule has 3 nitrogen and oxygen atoms in total. The molecule has 1 atom stereocenters. The third kappa shape index (κ3) is 2.70. The summed E-state index contributed by atoms with van der Waals surface area (Å²) >= 11 is 0. The van der Waals surface area contributed by atoms with Gasteiger partial charge in [0.15, 0.2) is 7.98 Å². The molecule has 2 aromatic carbocycles. The summed E-state index contributed by atoms with van der Waals surface area (Å²) in [5.41, 5.74) is 2.33. The second-order valence-corrected chi connectivity index (χ2v) is 4.79. The van der Waals surface area contributed by atoms with Gasteiger partial charge in [-0.3, -0.25) is 0 Å². The fourth-order valence-corrected chi connectivity index (χ4v) is 2.33. The number of rotatable bonds is 5. The van der Waals surface area contributed by atoms with E-state index in [1.807, 2.05) is 44.5 Å². The molecule has 4 heteroatoms. The number of ether oxygens (including phenoxy) is 1. The van der Waals surface area contributed by atoms with Crippen molar-refractivity contribution in [3.8, 4) is 5.75 Å². The van der Waals surface area contributed by atoms with Crippen molar-refractivity contribution in [3.05, 3.63) is 66.4 Å². The molecule has 1 heterocycles. The predicted molar refractivity (Wildman–Crippen MR) is 84.7 cm³/mol. The molecule has 0 radical (unpaired) electrons. The molecular formula is C16H17BN2O. The fourth-order valence-electron chi connectivity index (χ4n) is 2.33. The third-order valence-electron chi connectivity index (χ3n) is 3.49. The smallest absolute Gasteiger partial charge is 0.182 e. The van der Waals surface area contributed by atoms with Crippen molar-refractivity contribution in [1.82, 2.24) is 10.2 Å². The van der Waals surface area contributed by atoms with Crippen LogP contribution in [0.1, 0.15) is 11.6 Å². The second-order valence-electron chi connectivity index (χ2n) is 4.79. The van der Waals surface area contributed by atoms with Crippen LogP contribution in [0.15, 0.2) is 60.8 Å². The standard InChI is InChI=1S/C16H17BN2O/c17-19-16(12-4-2-1-3-5-12)11-20-14-7-6-13-8-9-18-15(13)10-14/h1-10,16,18-19H,11,17H2/t16-/m0/s1. The van der Waals surface area contributed by atoms with Crippen molar-refractivity contribution in [2.24, 2.45) is 0 Å². The van der Waals surface area contributed by atoms with Gasteiger partial charge >= 0.3 is 0 Å². The Morgan fingerprint density at radius 3 is 2.75 bits per heavy atom. The average molecular weight is 264 g/mol. The van der Waals surface area contributed by atoms with E-state index in [0.717, 1.165) is 11.3 Å². The highest BCUT2D eigenvalue weighted by atomic mass is 16.5. The maximum absolute atomic E-state index is 5.91. The summed E-state index contributed by atoms with van der Waals surface area (Å²) in [7, 11) is 1.95. The fraction of sp³-hybridized carbons (Fsp3) is 0.125. The van der Waals surface area contributed by atoms with Crippen molar-refractivity contribution in [2.75, 3.05) is 6.61 Å². The summed E-state index contributed by atoms with van der Waals surface area (Å²) in [6.07, 6.45) is 1.94. The van der Waals surface area contributed by atoms with E-state index < -0.39 is 0 Å². The van der Waals surface area contributed by atoms with Gasteiger partial charge in [0.2, 0.25) is 0 Å². The van der Waals surface area contributed by atoms with E-state index in [1.54, 1.807) is 0 Å². The molecule has 0 saturated heterocycles. The van der Waals surface area contributed by atoms with Crippen LogP contribution in [0, 0.1) is 0 Å². The molecule has 1 aromatic heterocycles. The summed E-state index contributed by atoms with van der Waals surface area (Å²) in [5.74, 6) is 0.885. The summed E-state index contributed by atoms with van der Waals surface area (Å²) in [5, 5.41) is 4.49. The van der Waals surface area contributed by atoms with Crippen LogP contribution in [0.3, 0.4) is 0 Å². The van der Waals surface area contributed by atoms with Gasteiger partial charge in [0.1, 0.15) is 12.4 Å². The molecule has 0 aliphatic rings. The molecule has 20 heavy (non-hydrogen) atoms. The number of hydrogen-bond acceptors (Lipinski definition) is 2. The molecule has 100 valence electrons. The van der Waals surface area contributed by atoms with E-state index in [1.165, 1.54) is 10.9 Å². The van der Waals surface area contributed by atoms with Crippen molar-refractivity contribution >= 4 is 18.9 Å². The summed E-state index contributed by atoms with van der Waals surface area (Å²) < 4.78 is 5.91. The van der Waals surface area contributed by atoms with E-state index in [-0.39, 0.29) is 6.04 Å². The quantitative estimate of drug-likeness (QED) is 0.694. The topological polar surface area (TPSA) is 37.0 Å². The molecule has 3 aromatic rings. The van der Waals surface area contributed by atoms with E-state index in [0.29, 0.717) is 6.61 Å². The highest BCUT2D eigenvalue weighted by Crippen LogP contribution is 2.21. The predicted octanol–water partition coefficient (Wildman–Crippen LogP) is 2.43. The second kappa shape index (κ2) is 5.84. The average Bonchev–Trinajstić information content (AvgIpc) is 2.96. The summed E-state index contributed by atoms with van der Waals surface area (Å²) in [6.45, 7) is 0.604. The number of aromatic amines is 1. The molecule has 0 spiro atoms. The summed E-state index contributed by atoms with van der Waals surface area (Å²) in [6, 6.07) is 18.7.